The summed E-state index contributed by atoms with van der Waals surface area (Å²) in [6.07, 6.45) is 1.46. The second kappa shape index (κ2) is 8.14. The molecule has 0 saturated heterocycles. The van der Waals surface area contributed by atoms with Crippen LogP contribution in [0.4, 0.5) is 5.69 Å². The summed E-state index contributed by atoms with van der Waals surface area (Å²) in [5.74, 6) is -0.0555. The summed E-state index contributed by atoms with van der Waals surface area (Å²) in [5, 5.41) is 3.00. The molecule has 9 heteroatoms. The number of anilines is 1. The van der Waals surface area contributed by atoms with Crippen LogP contribution in [-0.2, 0) is 16.6 Å². The van der Waals surface area contributed by atoms with Crippen LogP contribution < -0.4 is 10.0 Å². The number of nitrogens with one attached hydrogen (secondary N) is 2. The van der Waals surface area contributed by atoms with Gasteiger partial charge in [0.2, 0.25) is 10.0 Å². The number of amides is 1. The van der Waals surface area contributed by atoms with Crippen molar-refractivity contribution in [2.45, 2.75) is 11.4 Å². The maximum atomic E-state index is 12.4. The Labute approximate surface area is 166 Å². The van der Waals surface area contributed by atoms with Gasteiger partial charge in [0.05, 0.1) is 33.3 Å². The Morgan fingerprint density at radius 1 is 1.00 bits per heavy atom. The number of carbonyl (C=O) groups is 1. The first-order chi connectivity index (χ1) is 12.9. The zero-order valence-electron chi connectivity index (χ0n) is 13.8. The summed E-state index contributed by atoms with van der Waals surface area (Å²) in [5.41, 5.74) is 0.405. The van der Waals surface area contributed by atoms with Gasteiger partial charge in [-0.05, 0) is 42.5 Å². The standard InChI is InChI=1S/C18H14Cl2N2O4S/c19-15-7-2-8-16(20)17(15)18(23)22-12-4-1-6-14(10-12)27(24,25)21-11-13-5-3-9-26-13/h1-10,21H,11H2,(H,22,23). The topological polar surface area (TPSA) is 88.4 Å². The lowest BCUT2D eigenvalue weighted by molar-refractivity contribution is 0.102. The molecule has 0 unspecified atom stereocenters. The van der Waals surface area contributed by atoms with Gasteiger partial charge in [0.25, 0.3) is 5.91 Å². The second-order valence-electron chi connectivity index (χ2n) is 5.48. The highest BCUT2D eigenvalue weighted by Gasteiger charge is 2.18. The van der Waals surface area contributed by atoms with Crippen LogP contribution in [0.3, 0.4) is 0 Å². The molecule has 1 aromatic heterocycles. The summed E-state index contributed by atoms with van der Waals surface area (Å²) in [7, 11) is -3.79. The normalized spacial score (nSPS) is 11.3. The van der Waals surface area contributed by atoms with E-state index in [2.05, 4.69) is 10.0 Å². The quantitative estimate of drug-likeness (QED) is 0.616. The molecule has 140 valence electrons. The molecule has 3 rings (SSSR count). The SMILES string of the molecule is O=C(Nc1cccc(S(=O)(=O)NCc2ccco2)c1)c1c(Cl)cccc1Cl. The Bertz CT molecular complexity index is 1050. The van der Waals surface area contributed by atoms with Gasteiger partial charge in [-0.15, -0.1) is 0 Å². The van der Waals surface area contributed by atoms with Crippen molar-refractivity contribution in [1.29, 1.82) is 0 Å². The van der Waals surface area contributed by atoms with E-state index in [4.69, 9.17) is 27.6 Å². The monoisotopic (exact) mass is 424 g/mol. The fourth-order valence-corrected chi connectivity index (χ4v) is 3.92. The van der Waals surface area contributed by atoms with Crippen LogP contribution in [-0.4, -0.2) is 14.3 Å². The molecule has 0 radical (unpaired) electrons. The minimum atomic E-state index is -3.79. The van der Waals surface area contributed by atoms with Crippen molar-refractivity contribution in [3.8, 4) is 0 Å². The van der Waals surface area contributed by atoms with E-state index in [-0.39, 0.29) is 32.7 Å². The van der Waals surface area contributed by atoms with Crippen molar-refractivity contribution in [2.75, 3.05) is 5.32 Å². The molecule has 0 aliphatic rings. The smallest absolute Gasteiger partial charge is 0.258 e. The Hall–Kier alpha value is -2.32. The fourth-order valence-electron chi connectivity index (χ4n) is 2.31. The van der Waals surface area contributed by atoms with Crippen LogP contribution in [0, 0.1) is 0 Å². The molecule has 0 bridgehead atoms. The molecular formula is C18H14Cl2N2O4S. The predicted molar refractivity (Wildman–Crippen MR) is 104 cm³/mol. The first kappa shape index (κ1) is 19.4. The van der Waals surface area contributed by atoms with Gasteiger partial charge in [0.1, 0.15) is 5.76 Å². The zero-order chi connectivity index (χ0) is 19.4. The number of hydrogen-bond donors (Lipinski definition) is 2. The lowest BCUT2D eigenvalue weighted by Gasteiger charge is -2.10. The van der Waals surface area contributed by atoms with E-state index >= 15 is 0 Å². The van der Waals surface area contributed by atoms with Crippen molar-refractivity contribution in [2.24, 2.45) is 0 Å². The highest BCUT2D eigenvalue weighted by molar-refractivity contribution is 7.89. The van der Waals surface area contributed by atoms with Gasteiger partial charge < -0.3 is 9.73 Å². The van der Waals surface area contributed by atoms with Gasteiger partial charge in [-0.2, -0.15) is 0 Å². The van der Waals surface area contributed by atoms with Gasteiger partial charge >= 0.3 is 0 Å². The van der Waals surface area contributed by atoms with E-state index in [1.54, 1.807) is 36.4 Å². The number of halogens is 2. The fraction of sp³-hybridized carbons (Fsp3) is 0.0556. The third kappa shape index (κ3) is 4.70. The van der Waals surface area contributed by atoms with Gasteiger partial charge in [-0.1, -0.05) is 35.3 Å². The van der Waals surface area contributed by atoms with E-state index in [1.807, 2.05) is 0 Å². The molecule has 0 saturated carbocycles. The molecule has 6 nitrogen and oxygen atoms in total. The Kier molecular flexibility index (Phi) is 5.86. The van der Waals surface area contributed by atoms with Crippen LogP contribution in [0.2, 0.25) is 10.0 Å². The third-order valence-corrected chi connectivity index (χ3v) is 5.64. The molecule has 2 aromatic carbocycles. The molecule has 0 aliphatic carbocycles. The Morgan fingerprint density at radius 3 is 2.37 bits per heavy atom. The number of rotatable bonds is 6. The van der Waals surface area contributed by atoms with E-state index < -0.39 is 15.9 Å². The predicted octanol–water partition coefficient (Wildman–Crippen LogP) is 4.32. The molecule has 1 heterocycles. The molecule has 0 atom stereocenters. The Morgan fingerprint density at radius 2 is 1.70 bits per heavy atom. The minimum Gasteiger partial charge on any atom is -0.468 e. The van der Waals surface area contributed by atoms with Gasteiger partial charge in [-0.3, -0.25) is 4.79 Å². The third-order valence-electron chi connectivity index (χ3n) is 3.61. The molecular weight excluding hydrogens is 411 g/mol. The lowest BCUT2D eigenvalue weighted by Crippen LogP contribution is -2.23. The van der Waals surface area contributed by atoms with Crippen molar-refractivity contribution >= 4 is 44.8 Å². The maximum absolute atomic E-state index is 12.4. The number of hydrogen-bond acceptors (Lipinski definition) is 4. The van der Waals surface area contributed by atoms with Crippen LogP contribution in [0.5, 0.6) is 0 Å². The summed E-state index contributed by atoms with van der Waals surface area (Å²) in [6, 6.07) is 13.9. The van der Waals surface area contributed by atoms with Crippen molar-refractivity contribution in [3.63, 3.8) is 0 Å². The lowest BCUT2D eigenvalue weighted by atomic mass is 10.2. The van der Waals surface area contributed by atoms with Gasteiger partial charge in [-0.25, -0.2) is 13.1 Å². The number of benzene rings is 2. The van der Waals surface area contributed by atoms with Crippen LogP contribution >= 0.6 is 23.2 Å². The maximum Gasteiger partial charge on any atom is 0.258 e. The molecule has 0 spiro atoms. The summed E-state index contributed by atoms with van der Waals surface area (Å²) in [4.78, 5) is 12.4. The molecule has 0 fully saturated rings. The molecule has 27 heavy (non-hydrogen) atoms. The first-order valence-electron chi connectivity index (χ1n) is 7.74. The summed E-state index contributed by atoms with van der Waals surface area (Å²) < 4.78 is 32.4. The number of carbonyl (C=O) groups excluding carboxylic acids is 1. The van der Waals surface area contributed by atoms with E-state index in [1.165, 1.54) is 24.5 Å². The van der Waals surface area contributed by atoms with Crippen LogP contribution in [0.25, 0.3) is 0 Å². The van der Waals surface area contributed by atoms with E-state index in [9.17, 15) is 13.2 Å². The average molecular weight is 425 g/mol. The largest absolute Gasteiger partial charge is 0.468 e. The zero-order valence-corrected chi connectivity index (χ0v) is 16.1. The molecule has 3 aromatic rings. The molecule has 2 N–H and O–H groups in total. The van der Waals surface area contributed by atoms with Crippen molar-refractivity contribution in [3.05, 3.63) is 82.2 Å². The summed E-state index contributed by atoms with van der Waals surface area (Å²) in [6.45, 7) is 0.0150. The van der Waals surface area contributed by atoms with Crippen molar-refractivity contribution < 1.29 is 17.6 Å². The number of furan rings is 1. The van der Waals surface area contributed by atoms with Crippen LogP contribution in [0.15, 0.2) is 70.2 Å². The highest BCUT2D eigenvalue weighted by atomic mass is 35.5. The van der Waals surface area contributed by atoms with E-state index in [0.717, 1.165) is 0 Å². The molecule has 0 aliphatic heterocycles. The van der Waals surface area contributed by atoms with Gasteiger partial charge in [0.15, 0.2) is 0 Å². The Balaban J connectivity index is 1.78. The average Bonchev–Trinajstić information content (AvgIpc) is 3.14. The highest BCUT2D eigenvalue weighted by Crippen LogP contribution is 2.25. The van der Waals surface area contributed by atoms with E-state index in [0.29, 0.717) is 5.76 Å². The summed E-state index contributed by atoms with van der Waals surface area (Å²) >= 11 is 12.0. The second-order valence-corrected chi connectivity index (χ2v) is 8.06. The van der Waals surface area contributed by atoms with Gasteiger partial charge in [0, 0.05) is 5.69 Å². The first-order valence-corrected chi connectivity index (χ1v) is 9.98. The van der Waals surface area contributed by atoms with Crippen molar-refractivity contribution in [1.82, 2.24) is 4.72 Å². The minimum absolute atomic E-state index is 0.00267. The molecule has 1 amide bonds. The van der Waals surface area contributed by atoms with Crippen LogP contribution in [0.1, 0.15) is 16.1 Å². The number of sulfonamides is 1.